The van der Waals surface area contributed by atoms with Crippen LogP contribution in [0, 0.1) is 13.8 Å². The van der Waals surface area contributed by atoms with Gasteiger partial charge in [-0.05, 0) is 55.2 Å². The summed E-state index contributed by atoms with van der Waals surface area (Å²) in [5.74, 6) is -0.350. The highest BCUT2D eigenvalue weighted by atomic mass is 35.5. The molecule has 7 heteroatoms. The Hall–Kier alpha value is -2.05. The third kappa shape index (κ3) is 5.22. The maximum atomic E-state index is 12.7. The Bertz CT molecular complexity index is 926. The summed E-state index contributed by atoms with van der Waals surface area (Å²) in [5, 5.41) is 3.24. The molecule has 2 aromatic carbocycles. The van der Waals surface area contributed by atoms with Crippen molar-refractivity contribution in [2.75, 3.05) is 11.0 Å². The molecule has 2 rings (SSSR count). The Kier molecular flexibility index (Phi) is 6.31. The number of hydrogen-bond donors (Lipinski definition) is 2. The van der Waals surface area contributed by atoms with Crippen LogP contribution >= 0.6 is 11.6 Å². The molecular formula is C19H23ClN2O3S. The molecule has 140 valence electrons. The van der Waals surface area contributed by atoms with Gasteiger partial charge >= 0.3 is 0 Å². The van der Waals surface area contributed by atoms with Crippen molar-refractivity contribution in [2.24, 2.45) is 0 Å². The van der Waals surface area contributed by atoms with Crippen LogP contribution in [0.15, 0.2) is 36.4 Å². The van der Waals surface area contributed by atoms with Crippen molar-refractivity contribution in [1.82, 2.24) is 5.32 Å². The summed E-state index contributed by atoms with van der Waals surface area (Å²) in [4.78, 5) is 12.7. The Balaban J connectivity index is 2.27. The number of rotatable bonds is 6. The zero-order chi connectivity index (χ0) is 19.5. The first-order valence-electron chi connectivity index (χ1n) is 8.26. The van der Waals surface area contributed by atoms with Gasteiger partial charge in [0.15, 0.2) is 0 Å². The summed E-state index contributed by atoms with van der Waals surface area (Å²) >= 11 is 6.14. The number of amides is 1. The van der Waals surface area contributed by atoms with Crippen LogP contribution in [0.25, 0.3) is 0 Å². The Morgan fingerprint density at radius 2 is 1.81 bits per heavy atom. The van der Waals surface area contributed by atoms with Gasteiger partial charge in [-0.2, -0.15) is 0 Å². The third-order valence-corrected chi connectivity index (χ3v) is 5.10. The van der Waals surface area contributed by atoms with E-state index in [0.717, 1.165) is 17.4 Å². The van der Waals surface area contributed by atoms with E-state index in [1.165, 1.54) is 23.8 Å². The van der Waals surface area contributed by atoms with Gasteiger partial charge in [-0.3, -0.25) is 9.52 Å². The molecule has 0 aliphatic carbocycles. The molecule has 0 aromatic heterocycles. The summed E-state index contributed by atoms with van der Waals surface area (Å²) in [7, 11) is -3.44. The molecule has 1 amide bonds. The minimum Gasteiger partial charge on any atom is -0.345 e. The van der Waals surface area contributed by atoms with Crippen LogP contribution in [0.3, 0.4) is 0 Å². The molecule has 0 aliphatic heterocycles. The second-order valence-corrected chi connectivity index (χ2v) is 8.50. The van der Waals surface area contributed by atoms with Crippen LogP contribution in [-0.4, -0.2) is 20.6 Å². The molecule has 0 heterocycles. The average molecular weight is 395 g/mol. The molecule has 0 unspecified atom stereocenters. The van der Waals surface area contributed by atoms with Crippen molar-refractivity contribution < 1.29 is 13.2 Å². The number of benzene rings is 2. The number of halogens is 1. The Morgan fingerprint density at radius 3 is 2.38 bits per heavy atom. The van der Waals surface area contributed by atoms with Crippen LogP contribution in [0.4, 0.5) is 5.69 Å². The molecule has 5 nitrogen and oxygen atoms in total. The summed E-state index contributed by atoms with van der Waals surface area (Å²) in [6, 6.07) is 10.4. The molecule has 26 heavy (non-hydrogen) atoms. The molecule has 0 spiro atoms. The molecule has 0 radical (unpaired) electrons. The monoisotopic (exact) mass is 394 g/mol. The lowest BCUT2D eigenvalue weighted by atomic mass is 9.99. The van der Waals surface area contributed by atoms with Gasteiger partial charge in [0, 0.05) is 5.69 Å². The van der Waals surface area contributed by atoms with Crippen LogP contribution in [0.5, 0.6) is 0 Å². The maximum Gasteiger partial charge on any atom is 0.253 e. The van der Waals surface area contributed by atoms with E-state index in [-0.39, 0.29) is 22.5 Å². The van der Waals surface area contributed by atoms with E-state index in [9.17, 15) is 13.2 Å². The number of aryl methyl sites for hydroxylation is 2. The first-order chi connectivity index (χ1) is 12.1. The lowest BCUT2D eigenvalue weighted by Crippen LogP contribution is -2.28. The highest BCUT2D eigenvalue weighted by Crippen LogP contribution is 2.24. The fourth-order valence-corrected chi connectivity index (χ4v) is 3.37. The Morgan fingerprint density at radius 1 is 1.12 bits per heavy atom. The highest BCUT2D eigenvalue weighted by Gasteiger charge is 2.18. The number of anilines is 1. The van der Waals surface area contributed by atoms with E-state index in [0.29, 0.717) is 12.1 Å². The van der Waals surface area contributed by atoms with Crippen molar-refractivity contribution in [3.8, 4) is 0 Å². The minimum atomic E-state index is -3.44. The van der Waals surface area contributed by atoms with Crippen molar-refractivity contribution in [2.45, 2.75) is 33.2 Å². The van der Waals surface area contributed by atoms with Crippen LogP contribution in [0.2, 0.25) is 5.02 Å². The van der Waals surface area contributed by atoms with Gasteiger partial charge in [0.05, 0.1) is 22.9 Å². The zero-order valence-corrected chi connectivity index (χ0v) is 16.8. The van der Waals surface area contributed by atoms with E-state index in [2.05, 4.69) is 16.1 Å². The second-order valence-electron chi connectivity index (χ2n) is 6.35. The third-order valence-electron chi connectivity index (χ3n) is 4.16. The summed E-state index contributed by atoms with van der Waals surface area (Å²) in [6.45, 7) is 6.06. The van der Waals surface area contributed by atoms with Crippen molar-refractivity contribution >= 4 is 33.2 Å². The van der Waals surface area contributed by atoms with Gasteiger partial charge in [0.2, 0.25) is 10.0 Å². The SMILES string of the molecule is CC[C@H](NC(=O)c1cc(NS(C)(=O)=O)ccc1Cl)c1ccc(C)c(C)c1. The number of nitrogens with one attached hydrogen (secondary N) is 2. The molecule has 0 fully saturated rings. The molecular weight excluding hydrogens is 372 g/mol. The molecule has 2 N–H and O–H groups in total. The van der Waals surface area contributed by atoms with E-state index < -0.39 is 10.0 Å². The largest absolute Gasteiger partial charge is 0.345 e. The molecule has 1 atom stereocenters. The summed E-state index contributed by atoms with van der Waals surface area (Å²) in [6.07, 6.45) is 1.77. The zero-order valence-electron chi connectivity index (χ0n) is 15.3. The van der Waals surface area contributed by atoms with E-state index in [1.807, 2.05) is 32.9 Å². The van der Waals surface area contributed by atoms with Gasteiger partial charge in [-0.25, -0.2) is 8.42 Å². The lowest BCUT2D eigenvalue weighted by Gasteiger charge is -2.19. The number of carbonyl (C=O) groups is 1. The first kappa shape index (κ1) is 20.3. The van der Waals surface area contributed by atoms with Gasteiger partial charge in [-0.1, -0.05) is 36.7 Å². The number of hydrogen-bond acceptors (Lipinski definition) is 3. The fourth-order valence-electron chi connectivity index (χ4n) is 2.62. The standard InChI is InChI=1S/C19H23ClN2O3S/c1-5-18(14-7-6-12(2)13(3)10-14)21-19(23)16-11-15(8-9-17(16)20)22-26(4,24)25/h6-11,18,22H,5H2,1-4H3,(H,21,23)/t18-/m0/s1. The quantitative estimate of drug-likeness (QED) is 0.770. The Labute approximate surface area is 159 Å². The molecule has 0 aliphatic rings. The number of sulfonamides is 1. The summed E-state index contributed by atoms with van der Waals surface area (Å²) < 4.78 is 25.1. The minimum absolute atomic E-state index is 0.163. The average Bonchev–Trinajstić information content (AvgIpc) is 2.55. The smallest absolute Gasteiger partial charge is 0.253 e. The summed E-state index contributed by atoms with van der Waals surface area (Å²) in [5.41, 5.74) is 3.89. The van der Waals surface area contributed by atoms with Crippen molar-refractivity contribution in [3.05, 3.63) is 63.7 Å². The second kappa shape index (κ2) is 8.10. The molecule has 0 bridgehead atoms. The van der Waals surface area contributed by atoms with E-state index >= 15 is 0 Å². The topological polar surface area (TPSA) is 75.3 Å². The van der Waals surface area contributed by atoms with Crippen LogP contribution in [-0.2, 0) is 10.0 Å². The van der Waals surface area contributed by atoms with Crippen LogP contribution in [0.1, 0.15) is 46.4 Å². The molecule has 0 saturated heterocycles. The fraction of sp³-hybridized carbons (Fsp3) is 0.316. The normalized spacial score (nSPS) is 12.5. The van der Waals surface area contributed by atoms with Crippen LogP contribution < -0.4 is 10.0 Å². The lowest BCUT2D eigenvalue weighted by molar-refractivity contribution is 0.0935. The highest BCUT2D eigenvalue weighted by molar-refractivity contribution is 7.92. The van der Waals surface area contributed by atoms with E-state index in [4.69, 9.17) is 11.6 Å². The molecule has 0 saturated carbocycles. The van der Waals surface area contributed by atoms with Gasteiger partial charge in [-0.15, -0.1) is 0 Å². The van der Waals surface area contributed by atoms with E-state index in [1.54, 1.807) is 0 Å². The maximum absolute atomic E-state index is 12.7. The molecule has 2 aromatic rings. The predicted octanol–water partition coefficient (Wildman–Crippen LogP) is 4.21. The predicted molar refractivity (Wildman–Crippen MR) is 106 cm³/mol. The van der Waals surface area contributed by atoms with Gasteiger partial charge in [0.25, 0.3) is 5.91 Å². The van der Waals surface area contributed by atoms with Gasteiger partial charge in [0.1, 0.15) is 0 Å². The van der Waals surface area contributed by atoms with Crippen molar-refractivity contribution in [1.29, 1.82) is 0 Å². The number of carbonyl (C=O) groups excluding carboxylic acids is 1. The van der Waals surface area contributed by atoms with Gasteiger partial charge < -0.3 is 5.32 Å². The first-order valence-corrected chi connectivity index (χ1v) is 10.5. The van der Waals surface area contributed by atoms with Crippen molar-refractivity contribution in [3.63, 3.8) is 0 Å².